The Bertz CT molecular complexity index is 162. The molecule has 0 aromatic heterocycles. The van der Waals surface area contributed by atoms with Crippen LogP contribution in [-0.4, -0.2) is 6.26 Å². The third kappa shape index (κ3) is 2.58. The average molecular weight is 251 g/mol. The van der Waals surface area contributed by atoms with Gasteiger partial charge in [-0.2, -0.15) is 0 Å². The van der Waals surface area contributed by atoms with E-state index in [1.807, 2.05) is 8.93 Å². The van der Waals surface area contributed by atoms with E-state index < -0.39 is 0 Å². The number of benzene rings is 1. The molecular formula is C7H8IS-. The van der Waals surface area contributed by atoms with E-state index >= 15 is 0 Å². The van der Waals surface area contributed by atoms with Crippen molar-refractivity contribution in [2.45, 2.75) is 0 Å². The molecule has 0 fully saturated rings. The number of hydrogen-bond acceptors (Lipinski definition) is 1. The van der Waals surface area contributed by atoms with E-state index in [1.54, 1.807) is 0 Å². The second-order valence-electron chi connectivity index (χ2n) is 1.53. The summed E-state index contributed by atoms with van der Waals surface area (Å²) in [6, 6.07) is 10.7. The zero-order chi connectivity index (χ0) is 6.53. The van der Waals surface area contributed by atoms with Crippen molar-refractivity contribution in [2.24, 2.45) is 0 Å². The Labute approximate surface area is 68.8 Å². The van der Waals surface area contributed by atoms with Crippen molar-refractivity contribution in [3.63, 3.8) is 0 Å². The Morgan fingerprint density at radius 1 is 1.22 bits per heavy atom. The molecule has 0 nitrogen and oxygen atoms in total. The standard InChI is InChI=1S/C7H8IS/c1-9-8-7-5-3-2-4-6-7/h2-6H,1H3/q-1. The predicted molar refractivity (Wildman–Crippen MR) is 38.7 cm³/mol. The van der Waals surface area contributed by atoms with Crippen molar-refractivity contribution in [2.75, 3.05) is 6.26 Å². The van der Waals surface area contributed by atoms with Gasteiger partial charge in [0.1, 0.15) is 0 Å². The fourth-order valence-electron chi connectivity index (χ4n) is 0.555. The summed E-state index contributed by atoms with van der Waals surface area (Å²) in [5.74, 6) is 0. The first-order chi connectivity index (χ1) is 4.43. The Kier molecular flexibility index (Phi) is 3.43. The van der Waals surface area contributed by atoms with E-state index in [2.05, 4.69) is 36.6 Å². The van der Waals surface area contributed by atoms with Crippen LogP contribution in [0.25, 0.3) is 0 Å². The summed E-state index contributed by atoms with van der Waals surface area (Å²) in [7, 11) is 1.96. The number of halogens is 1. The molecule has 0 aliphatic carbocycles. The summed E-state index contributed by atoms with van der Waals surface area (Å²) >= 11 is 0.247. The molecule has 2 heteroatoms. The van der Waals surface area contributed by atoms with Gasteiger partial charge in [-0.1, -0.05) is 0 Å². The summed E-state index contributed by atoms with van der Waals surface area (Å²) in [6.45, 7) is 0. The zero-order valence-corrected chi connectivity index (χ0v) is 8.15. The van der Waals surface area contributed by atoms with Gasteiger partial charge in [0, 0.05) is 0 Å². The molecule has 0 spiro atoms. The molecule has 0 unspecified atom stereocenters. The molecular weight excluding hydrogens is 243 g/mol. The zero-order valence-electron chi connectivity index (χ0n) is 5.17. The van der Waals surface area contributed by atoms with E-state index in [1.165, 1.54) is 3.57 Å². The summed E-state index contributed by atoms with van der Waals surface area (Å²) in [5, 5.41) is 0. The predicted octanol–water partition coefficient (Wildman–Crippen LogP) is -0.777. The van der Waals surface area contributed by atoms with Gasteiger partial charge in [-0.3, -0.25) is 0 Å². The van der Waals surface area contributed by atoms with Gasteiger partial charge in [0.2, 0.25) is 0 Å². The fraction of sp³-hybridized carbons (Fsp3) is 0.143. The van der Waals surface area contributed by atoms with E-state index in [0.29, 0.717) is 0 Å². The summed E-state index contributed by atoms with van der Waals surface area (Å²) in [5.41, 5.74) is 0. The van der Waals surface area contributed by atoms with Crippen LogP contribution in [0.4, 0.5) is 0 Å². The molecule has 50 valence electrons. The molecule has 0 radical (unpaired) electrons. The second-order valence-corrected chi connectivity index (χ2v) is 7.20. The molecule has 1 aromatic carbocycles. The molecule has 9 heavy (non-hydrogen) atoms. The van der Waals surface area contributed by atoms with E-state index in [-0.39, 0.29) is 19.8 Å². The minimum atomic E-state index is 0.247. The second kappa shape index (κ2) is 4.17. The van der Waals surface area contributed by atoms with Gasteiger partial charge in [-0.15, -0.1) is 0 Å². The van der Waals surface area contributed by atoms with Crippen molar-refractivity contribution in [1.82, 2.24) is 0 Å². The Morgan fingerprint density at radius 2 is 1.89 bits per heavy atom. The molecule has 0 aliphatic heterocycles. The molecule has 0 saturated heterocycles. The van der Waals surface area contributed by atoms with Crippen LogP contribution in [0.2, 0.25) is 0 Å². The van der Waals surface area contributed by atoms with Crippen LogP contribution >= 0.6 is 8.93 Å². The molecule has 0 aliphatic rings. The molecule has 1 aromatic rings. The molecule has 0 bridgehead atoms. The van der Waals surface area contributed by atoms with Gasteiger partial charge in [-0.05, 0) is 0 Å². The SMILES string of the molecule is CS[I-]c1ccccc1. The van der Waals surface area contributed by atoms with Gasteiger partial charge in [0.15, 0.2) is 0 Å². The fourth-order valence-corrected chi connectivity index (χ4v) is 3.66. The third-order valence-corrected chi connectivity index (χ3v) is 4.80. The molecule has 0 N–H and O–H groups in total. The normalized spacial score (nSPS) is 9.89. The Hall–Kier alpha value is 0.300. The summed E-state index contributed by atoms with van der Waals surface area (Å²) < 4.78 is 1.52. The van der Waals surface area contributed by atoms with Crippen LogP contribution in [0.1, 0.15) is 0 Å². The van der Waals surface area contributed by atoms with Gasteiger partial charge in [-0.25, -0.2) is 0 Å². The first kappa shape index (κ1) is 7.41. The Morgan fingerprint density at radius 3 is 2.44 bits per heavy atom. The maximum absolute atomic E-state index is 2.20. The quantitative estimate of drug-likeness (QED) is 0.622. The van der Waals surface area contributed by atoms with Crippen molar-refractivity contribution in [3.8, 4) is 0 Å². The van der Waals surface area contributed by atoms with Crippen molar-refractivity contribution < 1.29 is 19.8 Å². The molecule has 0 amide bonds. The maximum atomic E-state index is 2.20. The van der Waals surface area contributed by atoms with Crippen molar-refractivity contribution in [1.29, 1.82) is 0 Å². The summed E-state index contributed by atoms with van der Waals surface area (Å²) in [4.78, 5) is 0. The van der Waals surface area contributed by atoms with Crippen LogP contribution in [0.5, 0.6) is 0 Å². The van der Waals surface area contributed by atoms with E-state index in [9.17, 15) is 0 Å². The molecule has 0 heterocycles. The van der Waals surface area contributed by atoms with Crippen LogP contribution < -0.4 is 19.8 Å². The minimum absolute atomic E-state index is 0.247. The number of rotatable bonds is 2. The Balaban J connectivity index is 2.61. The van der Waals surface area contributed by atoms with Crippen LogP contribution in [0.15, 0.2) is 30.3 Å². The molecule has 0 saturated carbocycles. The molecule has 0 atom stereocenters. The topological polar surface area (TPSA) is 0 Å². The van der Waals surface area contributed by atoms with Gasteiger partial charge >= 0.3 is 68.9 Å². The average Bonchev–Trinajstić information content (AvgIpc) is 1.91. The molecule has 1 rings (SSSR count). The van der Waals surface area contributed by atoms with Crippen molar-refractivity contribution >= 4 is 8.93 Å². The van der Waals surface area contributed by atoms with Crippen LogP contribution in [0.3, 0.4) is 0 Å². The van der Waals surface area contributed by atoms with E-state index in [4.69, 9.17) is 0 Å². The van der Waals surface area contributed by atoms with Gasteiger partial charge in [0.25, 0.3) is 0 Å². The van der Waals surface area contributed by atoms with Crippen LogP contribution in [-0.2, 0) is 0 Å². The van der Waals surface area contributed by atoms with Crippen LogP contribution in [0, 0.1) is 3.57 Å². The third-order valence-electron chi connectivity index (χ3n) is 0.899. The van der Waals surface area contributed by atoms with Crippen molar-refractivity contribution in [3.05, 3.63) is 33.9 Å². The summed E-state index contributed by atoms with van der Waals surface area (Å²) in [6.07, 6.45) is 2.17. The first-order valence-corrected chi connectivity index (χ1v) is 7.51. The van der Waals surface area contributed by atoms with Gasteiger partial charge < -0.3 is 0 Å². The van der Waals surface area contributed by atoms with E-state index in [0.717, 1.165) is 0 Å². The monoisotopic (exact) mass is 251 g/mol. The first-order valence-electron chi connectivity index (χ1n) is 2.66. The number of hydrogen-bond donors (Lipinski definition) is 0. The van der Waals surface area contributed by atoms with Gasteiger partial charge in [0.05, 0.1) is 0 Å².